The van der Waals surface area contributed by atoms with E-state index in [-0.39, 0.29) is 22.9 Å². The molecular formula is C7H8ClF2N3. The molecule has 1 heterocycles. The monoisotopic (exact) mass is 207 g/mol. The van der Waals surface area contributed by atoms with Crippen LogP contribution in [0.3, 0.4) is 0 Å². The number of nitrogens with two attached hydrogens (primary N) is 2. The summed E-state index contributed by atoms with van der Waals surface area (Å²) in [6.07, 6.45) is -2.67. The summed E-state index contributed by atoms with van der Waals surface area (Å²) >= 11 is 5.45. The van der Waals surface area contributed by atoms with Crippen LogP contribution in [0.2, 0.25) is 0 Å². The van der Waals surface area contributed by atoms with Gasteiger partial charge in [0.15, 0.2) is 0 Å². The number of aromatic nitrogens is 1. The molecule has 1 aromatic rings. The quantitative estimate of drug-likeness (QED) is 0.729. The lowest BCUT2D eigenvalue weighted by atomic mass is 10.2. The molecule has 0 saturated heterocycles. The van der Waals surface area contributed by atoms with E-state index in [4.69, 9.17) is 23.1 Å². The van der Waals surface area contributed by atoms with E-state index in [9.17, 15) is 8.78 Å². The second kappa shape index (κ2) is 3.74. The summed E-state index contributed by atoms with van der Waals surface area (Å²) in [6.45, 7) is 0. The molecule has 0 amide bonds. The Balaban J connectivity index is 3.20. The van der Waals surface area contributed by atoms with Crippen LogP contribution >= 0.6 is 11.6 Å². The van der Waals surface area contributed by atoms with E-state index >= 15 is 0 Å². The van der Waals surface area contributed by atoms with Gasteiger partial charge in [0.1, 0.15) is 5.82 Å². The van der Waals surface area contributed by atoms with Gasteiger partial charge in [-0.2, -0.15) is 0 Å². The van der Waals surface area contributed by atoms with Crippen LogP contribution in [-0.4, -0.2) is 4.98 Å². The number of nitrogens with zero attached hydrogens (tertiary/aromatic N) is 1. The van der Waals surface area contributed by atoms with E-state index in [1.807, 2.05) is 0 Å². The molecule has 0 atom stereocenters. The minimum absolute atomic E-state index is 0.0551. The first kappa shape index (κ1) is 9.98. The summed E-state index contributed by atoms with van der Waals surface area (Å²) in [4.78, 5) is 3.65. The molecule has 0 radical (unpaired) electrons. The van der Waals surface area contributed by atoms with Gasteiger partial charge in [-0.05, 0) is 6.07 Å². The topological polar surface area (TPSA) is 64.9 Å². The third-order valence-corrected chi connectivity index (χ3v) is 1.81. The van der Waals surface area contributed by atoms with Crippen molar-refractivity contribution in [2.75, 3.05) is 11.5 Å². The van der Waals surface area contributed by atoms with E-state index in [1.54, 1.807) is 0 Å². The van der Waals surface area contributed by atoms with Gasteiger partial charge >= 0.3 is 0 Å². The van der Waals surface area contributed by atoms with E-state index in [0.717, 1.165) is 6.07 Å². The summed E-state index contributed by atoms with van der Waals surface area (Å²) < 4.78 is 24.5. The van der Waals surface area contributed by atoms with Crippen LogP contribution in [0.4, 0.5) is 20.3 Å². The first-order chi connectivity index (χ1) is 6.06. The average molecular weight is 208 g/mol. The normalized spacial score (nSPS) is 10.8. The zero-order valence-electron chi connectivity index (χ0n) is 6.60. The number of halogens is 3. The lowest BCUT2D eigenvalue weighted by Crippen LogP contribution is -2.04. The highest BCUT2D eigenvalue weighted by molar-refractivity contribution is 6.17. The fourth-order valence-electron chi connectivity index (χ4n) is 0.881. The molecule has 4 N–H and O–H groups in total. The summed E-state index contributed by atoms with van der Waals surface area (Å²) in [5, 5.41) is 0. The van der Waals surface area contributed by atoms with Crippen molar-refractivity contribution in [3.8, 4) is 0 Å². The van der Waals surface area contributed by atoms with Crippen molar-refractivity contribution in [3.63, 3.8) is 0 Å². The number of rotatable bonds is 2. The van der Waals surface area contributed by atoms with Gasteiger partial charge in [0.05, 0.1) is 22.8 Å². The van der Waals surface area contributed by atoms with Crippen LogP contribution < -0.4 is 11.5 Å². The molecule has 0 spiro atoms. The van der Waals surface area contributed by atoms with Crippen molar-refractivity contribution in [1.82, 2.24) is 4.98 Å². The number of alkyl halides is 3. The lowest BCUT2D eigenvalue weighted by molar-refractivity contribution is 0.152. The van der Waals surface area contributed by atoms with Crippen molar-refractivity contribution >= 4 is 23.1 Å². The van der Waals surface area contributed by atoms with Gasteiger partial charge in [-0.25, -0.2) is 13.8 Å². The SMILES string of the molecule is Nc1cc(C(F)F)c(N)nc1CCl. The molecule has 0 unspecified atom stereocenters. The molecule has 0 bridgehead atoms. The molecule has 3 nitrogen and oxygen atoms in total. The first-order valence-corrected chi connectivity index (χ1v) is 3.98. The van der Waals surface area contributed by atoms with Crippen molar-refractivity contribution in [2.24, 2.45) is 0 Å². The zero-order chi connectivity index (χ0) is 10.0. The summed E-state index contributed by atoms with van der Waals surface area (Å²) in [6, 6.07) is 1.10. The fraction of sp³-hybridized carbons (Fsp3) is 0.286. The number of pyridine rings is 1. The summed E-state index contributed by atoms with van der Waals surface area (Å²) in [7, 11) is 0. The molecule has 72 valence electrons. The van der Waals surface area contributed by atoms with Crippen LogP contribution in [0.5, 0.6) is 0 Å². The molecule has 0 fully saturated rings. The highest BCUT2D eigenvalue weighted by Gasteiger charge is 2.14. The van der Waals surface area contributed by atoms with Gasteiger partial charge in [0.25, 0.3) is 6.43 Å². The molecule has 0 aromatic carbocycles. The maximum Gasteiger partial charge on any atom is 0.267 e. The third-order valence-electron chi connectivity index (χ3n) is 1.56. The zero-order valence-corrected chi connectivity index (χ0v) is 7.35. The Morgan fingerprint density at radius 2 is 2.08 bits per heavy atom. The Bertz CT molecular complexity index is 317. The molecule has 1 rings (SSSR count). The molecule has 0 aliphatic heterocycles. The Kier molecular flexibility index (Phi) is 2.87. The van der Waals surface area contributed by atoms with Crippen LogP contribution in [0.25, 0.3) is 0 Å². The Hall–Kier alpha value is -1.10. The van der Waals surface area contributed by atoms with Crippen molar-refractivity contribution < 1.29 is 8.78 Å². The van der Waals surface area contributed by atoms with Crippen molar-refractivity contribution in [3.05, 3.63) is 17.3 Å². The minimum atomic E-state index is -2.67. The van der Waals surface area contributed by atoms with E-state index in [0.29, 0.717) is 5.69 Å². The van der Waals surface area contributed by atoms with E-state index < -0.39 is 6.43 Å². The molecule has 13 heavy (non-hydrogen) atoms. The number of nitrogen functional groups attached to an aromatic ring is 2. The van der Waals surface area contributed by atoms with Gasteiger partial charge in [0, 0.05) is 0 Å². The molecule has 6 heteroatoms. The largest absolute Gasteiger partial charge is 0.397 e. The molecule has 0 saturated carbocycles. The standard InChI is InChI=1S/C7H8ClF2N3/c8-2-5-4(11)1-3(6(9)10)7(12)13-5/h1,6H,2,11H2,(H2,12,13). The van der Waals surface area contributed by atoms with Gasteiger partial charge in [-0.3, -0.25) is 0 Å². The molecular weight excluding hydrogens is 200 g/mol. The predicted molar refractivity (Wildman–Crippen MR) is 47.6 cm³/mol. The molecule has 1 aromatic heterocycles. The summed E-state index contributed by atoms with van der Waals surface area (Å²) in [5.74, 6) is -0.167. The highest BCUT2D eigenvalue weighted by Crippen LogP contribution is 2.27. The highest BCUT2D eigenvalue weighted by atomic mass is 35.5. The number of anilines is 2. The van der Waals surface area contributed by atoms with Gasteiger partial charge in [-0.15, -0.1) is 11.6 Å². The number of hydrogen-bond acceptors (Lipinski definition) is 3. The average Bonchev–Trinajstić information content (AvgIpc) is 2.07. The Morgan fingerprint density at radius 1 is 1.46 bits per heavy atom. The van der Waals surface area contributed by atoms with Crippen LogP contribution in [0.1, 0.15) is 17.7 Å². The van der Waals surface area contributed by atoms with Crippen LogP contribution in [0.15, 0.2) is 6.07 Å². The first-order valence-electron chi connectivity index (χ1n) is 3.45. The van der Waals surface area contributed by atoms with Gasteiger partial charge < -0.3 is 11.5 Å². The van der Waals surface area contributed by atoms with E-state index in [2.05, 4.69) is 4.98 Å². The Morgan fingerprint density at radius 3 is 2.54 bits per heavy atom. The van der Waals surface area contributed by atoms with Crippen molar-refractivity contribution in [1.29, 1.82) is 0 Å². The molecule has 0 aliphatic carbocycles. The fourth-order valence-corrected chi connectivity index (χ4v) is 1.10. The van der Waals surface area contributed by atoms with Gasteiger partial charge in [0.2, 0.25) is 0 Å². The smallest absolute Gasteiger partial charge is 0.267 e. The second-order valence-electron chi connectivity index (χ2n) is 2.43. The Labute approximate surface area is 78.7 Å². The minimum Gasteiger partial charge on any atom is -0.397 e. The second-order valence-corrected chi connectivity index (χ2v) is 2.70. The van der Waals surface area contributed by atoms with Gasteiger partial charge in [-0.1, -0.05) is 0 Å². The third kappa shape index (κ3) is 1.98. The lowest BCUT2D eigenvalue weighted by Gasteiger charge is -2.07. The van der Waals surface area contributed by atoms with Crippen LogP contribution in [0, 0.1) is 0 Å². The predicted octanol–water partition coefficient (Wildman–Crippen LogP) is 1.92. The maximum absolute atomic E-state index is 12.2. The van der Waals surface area contributed by atoms with Crippen LogP contribution in [-0.2, 0) is 5.88 Å². The molecule has 0 aliphatic rings. The van der Waals surface area contributed by atoms with Crippen molar-refractivity contribution in [2.45, 2.75) is 12.3 Å². The van der Waals surface area contributed by atoms with E-state index in [1.165, 1.54) is 0 Å². The number of hydrogen-bond donors (Lipinski definition) is 2. The summed E-state index contributed by atoms with van der Waals surface area (Å²) in [5.41, 5.74) is 10.8. The maximum atomic E-state index is 12.2.